The molecule has 33 heavy (non-hydrogen) atoms. The lowest BCUT2D eigenvalue weighted by molar-refractivity contribution is -0.0180. The molecule has 170 valence electrons. The molecule has 0 radical (unpaired) electrons. The van der Waals surface area contributed by atoms with Gasteiger partial charge in [-0.3, -0.25) is 4.98 Å². The van der Waals surface area contributed by atoms with E-state index in [-0.39, 0.29) is 11.7 Å². The SMILES string of the molecule is N#Cc1ccc(OCCCN2CCC([C@@](O)(c3cccc(F)c3)c3ccccn3)CC2)cc1. The van der Waals surface area contributed by atoms with Gasteiger partial charge in [-0.25, -0.2) is 4.39 Å². The van der Waals surface area contributed by atoms with Gasteiger partial charge in [0.2, 0.25) is 0 Å². The number of hydrogen-bond donors (Lipinski definition) is 1. The number of aromatic nitrogens is 1. The Bertz CT molecular complexity index is 1080. The molecule has 2 heterocycles. The van der Waals surface area contributed by atoms with Crippen LogP contribution in [0.15, 0.2) is 72.9 Å². The van der Waals surface area contributed by atoms with Crippen LogP contribution in [0.3, 0.4) is 0 Å². The zero-order valence-corrected chi connectivity index (χ0v) is 18.5. The molecule has 0 saturated carbocycles. The van der Waals surface area contributed by atoms with Gasteiger partial charge in [0.1, 0.15) is 17.2 Å². The molecular formula is C27H28FN3O2. The van der Waals surface area contributed by atoms with Crippen molar-refractivity contribution in [3.05, 3.63) is 95.6 Å². The number of hydrogen-bond acceptors (Lipinski definition) is 5. The summed E-state index contributed by atoms with van der Waals surface area (Å²) in [5.41, 5.74) is 0.406. The second-order valence-corrected chi connectivity index (χ2v) is 8.45. The minimum Gasteiger partial charge on any atom is -0.494 e. The van der Waals surface area contributed by atoms with Gasteiger partial charge < -0.3 is 14.7 Å². The normalized spacial score (nSPS) is 16.6. The van der Waals surface area contributed by atoms with Crippen molar-refractivity contribution in [2.45, 2.75) is 24.9 Å². The van der Waals surface area contributed by atoms with Crippen molar-refractivity contribution in [3.8, 4) is 11.8 Å². The maximum atomic E-state index is 14.0. The fraction of sp³-hybridized carbons (Fsp3) is 0.333. The zero-order valence-electron chi connectivity index (χ0n) is 18.5. The van der Waals surface area contributed by atoms with Crippen LogP contribution in [0, 0.1) is 23.1 Å². The third-order valence-electron chi connectivity index (χ3n) is 6.37. The van der Waals surface area contributed by atoms with E-state index in [1.165, 1.54) is 12.1 Å². The Morgan fingerprint density at radius 1 is 1.09 bits per heavy atom. The van der Waals surface area contributed by atoms with E-state index >= 15 is 0 Å². The Hall–Kier alpha value is -3.27. The number of nitrogens with zero attached hydrogens (tertiary/aromatic N) is 3. The smallest absolute Gasteiger partial charge is 0.134 e. The first kappa shape index (κ1) is 22.9. The van der Waals surface area contributed by atoms with Gasteiger partial charge in [-0.15, -0.1) is 0 Å². The topological polar surface area (TPSA) is 69.4 Å². The molecule has 2 aromatic carbocycles. The number of nitriles is 1. The molecule has 1 N–H and O–H groups in total. The number of ether oxygens (including phenoxy) is 1. The van der Waals surface area contributed by atoms with E-state index in [0.717, 1.165) is 44.6 Å². The maximum absolute atomic E-state index is 14.0. The molecule has 1 aliphatic heterocycles. The molecule has 0 spiro atoms. The Kier molecular flexibility index (Phi) is 7.33. The van der Waals surface area contributed by atoms with Crippen LogP contribution in [0.4, 0.5) is 4.39 Å². The first-order valence-corrected chi connectivity index (χ1v) is 11.3. The zero-order chi connectivity index (χ0) is 23.1. The van der Waals surface area contributed by atoms with Gasteiger partial charge in [-0.2, -0.15) is 5.26 Å². The van der Waals surface area contributed by atoms with Crippen LogP contribution < -0.4 is 4.74 Å². The van der Waals surface area contributed by atoms with E-state index < -0.39 is 5.60 Å². The minimum absolute atomic E-state index is 0.0552. The van der Waals surface area contributed by atoms with Gasteiger partial charge in [0.05, 0.1) is 23.9 Å². The van der Waals surface area contributed by atoms with Gasteiger partial charge in [0, 0.05) is 18.7 Å². The predicted molar refractivity (Wildman–Crippen MR) is 124 cm³/mol. The van der Waals surface area contributed by atoms with Crippen molar-refractivity contribution in [1.29, 1.82) is 5.26 Å². The molecule has 1 aromatic heterocycles. The van der Waals surface area contributed by atoms with E-state index in [1.54, 1.807) is 30.5 Å². The summed E-state index contributed by atoms with van der Waals surface area (Å²) >= 11 is 0. The highest BCUT2D eigenvalue weighted by atomic mass is 19.1. The van der Waals surface area contributed by atoms with E-state index in [1.807, 2.05) is 30.3 Å². The Balaban J connectivity index is 1.34. The third kappa shape index (κ3) is 5.39. The average molecular weight is 446 g/mol. The molecule has 1 aliphatic rings. The maximum Gasteiger partial charge on any atom is 0.134 e. The fourth-order valence-electron chi connectivity index (χ4n) is 4.58. The fourth-order valence-corrected chi connectivity index (χ4v) is 4.58. The standard InChI is InChI=1S/C27H28FN3O2/c28-24-6-3-5-23(19-24)27(32,26-7-1-2-14-30-26)22-12-16-31(17-13-22)15-4-18-33-25-10-8-21(20-29)9-11-25/h1-3,5-11,14,19,22,32H,4,12-13,15-18H2/t27-/m1/s1. The van der Waals surface area contributed by atoms with Crippen molar-refractivity contribution in [3.63, 3.8) is 0 Å². The highest BCUT2D eigenvalue weighted by Gasteiger charge is 2.42. The van der Waals surface area contributed by atoms with Crippen LogP contribution in [0.2, 0.25) is 0 Å². The van der Waals surface area contributed by atoms with Crippen LogP contribution >= 0.6 is 0 Å². The van der Waals surface area contributed by atoms with E-state index in [9.17, 15) is 9.50 Å². The van der Waals surface area contributed by atoms with Crippen molar-refractivity contribution in [2.24, 2.45) is 5.92 Å². The lowest BCUT2D eigenvalue weighted by Crippen LogP contribution is -2.45. The number of halogens is 1. The molecule has 5 nitrogen and oxygen atoms in total. The average Bonchev–Trinajstić information content (AvgIpc) is 2.87. The number of piperidine rings is 1. The summed E-state index contributed by atoms with van der Waals surface area (Å²) in [4.78, 5) is 6.81. The van der Waals surface area contributed by atoms with Crippen LogP contribution in [-0.4, -0.2) is 41.2 Å². The van der Waals surface area contributed by atoms with E-state index in [2.05, 4.69) is 16.0 Å². The Labute approximate surface area is 194 Å². The number of benzene rings is 2. The minimum atomic E-state index is -1.33. The van der Waals surface area contributed by atoms with Crippen LogP contribution in [0.1, 0.15) is 36.1 Å². The molecule has 0 amide bonds. The molecule has 3 aromatic rings. The molecule has 1 atom stereocenters. The number of aliphatic hydroxyl groups is 1. The van der Waals surface area contributed by atoms with E-state index in [4.69, 9.17) is 10.00 Å². The molecule has 6 heteroatoms. The second-order valence-electron chi connectivity index (χ2n) is 8.45. The van der Waals surface area contributed by atoms with Gasteiger partial charge in [0.15, 0.2) is 0 Å². The van der Waals surface area contributed by atoms with E-state index in [0.29, 0.717) is 23.4 Å². The summed E-state index contributed by atoms with van der Waals surface area (Å²) in [5, 5.41) is 20.7. The highest BCUT2D eigenvalue weighted by molar-refractivity contribution is 5.35. The molecule has 1 fully saturated rings. The quantitative estimate of drug-likeness (QED) is 0.517. The molecule has 1 saturated heterocycles. The molecule has 0 aliphatic carbocycles. The van der Waals surface area contributed by atoms with Gasteiger partial charge in [0.25, 0.3) is 0 Å². The summed E-state index contributed by atoms with van der Waals surface area (Å²) in [6.07, 6.45) is 4.14. The number of pyridine rings is 1. The second kappa shape index (κ2) is 10.6. The summed E-state index contributed by atoms with van der Waals surface area (Å²) in [5.74, 6) is 0.352. The van der Waals surface area contributed by atoms with Gasteiger partial charge in [-0.05, 0) is 86.4 Å². The Morgan fingerprint density at radius 3 is 2.55 bits per heavy atom. The van der Waals surface area contributed by atoms with Crippen molar-refractivity contribution in [1.82, 2.24) is 9.88 Å². The summed E-state index contributed by atoms with van der Waals surface area (Å²) in [7, 11) is 0. The summed E-state index contributed by atoms with van der Waals surface area (Å²) in [6, 6.07) is 21.0. The first-order valence-electron chi connectivity index (χ1n) is 11.3. The third-order valence-corrected chi connectivity index (χ3v) is 6.37. The highest BCUT2D eigenvalue weighted by Crippen LogP contribution is 2.41. The van der Waals surface area contributed by atoms with Gasteiger partial charge >= 0.3 is 0 Å². The summed E-state index contributed by atoms with van der Waals surface area (Å²) in [6.45, 7) is 3.22. The lowest BCUT2D eigenvalue weighted by atomic mass is 9.74. The van der Waals surface area contributed by atoms with Crippen LogP contribution in [0.25, 0.3) is 0 Å². The monoisotopic (exact) mass is 445 g/mol. The number of likely N-dealkylation sites (tertiary alicyclic amines) is 1. The van der Waals surface area contributed by atoms with Crippen LogP contribution in [-0.2, 0) is 5.60 Å². The number of rotatable bonds is 8. The molecular weight excluding hydrogens is 417 g/mol. The lowest BCUT2D eigenvalue weighted by Gasteiger charge is -2.41. The van der Waals surface area contributed by atoms with Gasteiger partial charge in [-0.1, -0.05) is 18.2 Å². The predicted octanol–water partition coefficient (Wildman–Crippen LogP) is 4.51. The molecule has 0 bridgehead atoms. The molecule has 0 unspecified atom stereocenters. The largest absolute Gasteiger partial charge is 0.494 e. The summed E-state index contributed by atoms with van der Waals surface area (Å²) < 4.78 is 19.8. The van der Waals surface area contributed by atoms with Crippen LogP contribution in [0.5, 0.6) is 5.75 Å². The van der Waals surface area contributed by atoms with Crippen molar-refractivity contribution >= 4 is 0 Å². The Morgan fingerprint density at radius 2 is 1.88 bits per heavy atom. The van der Waals surface area contributed by atoms with Crippen molar-refractivity contribution in [2.75, 3.05) is 26.2 Å². The van der Waals surface area contributed by atoms with Crippen molar-refractivity contribution < 1.29 is 14.2 Å². The first-order chi connectivity index (χ1) is 16.1. The molecule has 4 rings (SSSR count).